The number of rotatable bonds is 3. The molecule has 0 saturated carbocycles. The van der Waals surface area contributed by atoms with Crippen molar-refractivity contribution in [3.63, 3.8) is 0 Å². The smallest absolute Gasteiger partial charge is 0.184 e. The van der Waals surface area contributed by atoms with Gasteiger partial charge in [0.25, 0.3) is 0 Å². The van der Waals surface area contributed by atoms with E-state index in [1.54, 1.807) is 0 Å². The molecular formula is C9H15NO. The highest BCUT2D eigenvalue weighted by molar-refractivity contribution is 5.78. The molecule has 1 heterocycles. The molecule has 0 unspecified atom stereocenters. The Bertz CT molecular complexity index is 182. The molecule has 0 amide bonds. The summed E-state index contributed by atoms with van der Waals surface area (Å²) in [4.78, 5) is 4.40. The van der Waals surface area contributed by atoms with Crippen molar-refractivity contribution in [2.24, 2.45) is 4.99 Å². The Morgan fingerprint density at radius 3 is 2.91 bits per heavy atom. The minimum atomic E-state index is -0.00347. The van der Waals surface area contributed by atoms with Crippen LogP contribution in [-0.2, 0) is 4.74 Å². The third kappa shape index (κ3) is 2.37. The molecule has 62 valence electrons. The summed E-state index contributed by atoms with van der Waals surface area (Å²) in [6, 6.07) is 0. The minimum Gasteiger partial charge on any atom is -0.478 e. The molecule has 0 N–H and O–H groups in total. The van der Waals surface area contributed by atoms with Gasteiger partial charge in [-0.3, -0.25) is 0 Å². The van der Waals surface area contributed by atoms with Crippen molar-refractivity contribution in [2.75, 3.05) is 6.61 Å². The largest absolute Gasteiger partial charge is 0.478 e. The van der Waals surface area contributed by atoms with Gasteiger partial charge < -0.3 is 4.74 Å². The van der Waals surface area contributed by atoms with Crippen molar-refractivity contribution < 1.29 is 4.74 Å². The Balaban J connectivity index is 2.42. The molecular weight excluding hydrogens is 138 g/mol. The molecule has 1 rings (SSSR count). The van der Waals surface area contributed by atoms with Gasteiger partial charge in [-0.05, 0) is 20.3 Å². The predicted octanol–water partition coefficient (Wildman–Crippen LogP) is 2.16. The highest BCUT2D eigenvalue weighted by Crippen LogP contribution is 2.18. The molecule has 0 aromatic carbocycles. The van der Waals surface area contributed by atoms with E-state index in [-0.39, 0.29) is 5.54 Å². The zero-order chi connectivity index (χ0) is 8.32. The van der Waals surface area contributed by atoms with Gasteiger partial charge in [-0.2, -0.15) is 0 Å². The lowest BCUT2D eigenvalue weighted by atomic mass is 10.1. The van der Waals surface area contributed by atoms with Gasteiger partial charge in [0.2, 0.25) is 0 Å². The first-order valence-corrected chi connectivity index (χ1v) is 3.96. The molecule has 0 bridgehead atoms. The summed E-state index contributed by atoms with van der Waals surface area (Å²) in [6.45, 7) is 8.52. The fourth-order valence-corrected chi connectivity index (χ4v) is 1.02. The quantitative estimate of drug-likeness (QED) is 0.569. The number of aliphatic imine (C=N–C) groups is 1. The molecule has 2 heteroatoms. The number of nitrogens with zero attached hydrogens (tertiary/aromatic N) is 1. The maximum atomic E-state index is 5.37. The average Bonchev–Trinajstić information content (AvgIpc) is 2.26. The van der Waals surface area contributed by atoms with Crippen LogP contribution in [0.1, 0.15) is 26.7 Å². The lowest BCUT2D eigenvalue weighted by molar-refractivity contribution is 0.274. The molecule has 0 atom stereocenters. The van der Waals surface area contributed by atoms with Crippen LogP contribution in [0.4, 0.5) is 0 Å². The van der Waals surface area contributed by atoms with Crippen LogP contribution < -0.4 is 0 Å². The number of hydrogen-bond acceptors (Lipinski definition) is 2. The number of allylic oxidation sites excluding steroid dienone is 1. The maximum Gasteiger partial charge on any atom is 0.184 e. The van der Waals surface area contributed by atoms with Gasteiger partial charge in [-0.25, -0.2) is 4.99 Å². The average molecular weight is 153 g/mol. The molecule has 2 nitrogen and oxygen atoms in total. The standard InChI is InChI=1S/C9H15NO/c1-4-5-6-8-10-9(2,3)7-11-8/h4H,1,5-7H2,2-3H3. The first-order chi connectivity index (χ1) is 5.14. The third-order valence-electron chi connectivity index (χ3n) is 1.58. The maximum absolute atomic E-state index is 5.37. The second kappa shape index (κ2) is 3.07. The minimum absolute atomic E-state index is 0.00347. The number of hydrogen-bond donors (Lipinski definition) is 0. The predicted molar refractivity (Wildman–Crippen MR) is 46.9 cm³/mol. The Kier molecular flexibility index (Phi) is 2.32. The van der Waals surface area contributed by atoms with Crippen LogP contribution in [0.3, 0.4) is 0 Å². The van der Waals surface area contributed by atoms with Crippen LogP contribution in [0.15, 0.2) is 17.6 Å². The summed E-state index contributed by atoms with van der Waals surface area (Å²) >= 11 is 0. The van der Waals surface area contributed by atoms with Crippen LogP contribution in [-0.4, -0.2) is 18.0 Å². The summed E-state index contributed by atoms with van der Waals surface area (Å²) in [5.41, 5.74) is -0.00347. The van der Waals surface area contributed by atoms with Gasteiger partial charge in [0.05, 0.1) is 5.54 Å². The van der Waals surface area contributed by atoms with Crippen molar-refractivity contribution >= 4 is 5.90 Å². The molecule has 0 radical (unpaired) electrons. The van der Waals surface area contributed by atoms with Crippen molar-refractivity contribution in [1.82, 2.24) is 0 Å². The fourth-order valence-electron chi connectivity index (χ4n) is 1.02. The monoisotopic (exact) mass is 153 g/mol. The van der Waals surface area contributed by atoms with Crippen molar-refractivity contribution in [3.8, 4) is 0 Å². The summed E-state index contributed by atoms with van der Waals surface area (Å²) < 4.78 is 5.37. The highest BCUT2D eigenvalue weighted by atomic mass is 16.5. The first-order valence-electron chi connectivity index (χ1n) is 3.96. The Hall–Kier alpha value is -0.790. The summed E-state index contributed by atoms with van der Waals surface area (Å²) in [5.74, 6) is 0.884. The molecule has 1 aliphatic heterocycles. The van der Waals surface area contributed by atoms with Crippen LogP contribution >= 0.6 is 0 Å². The summed E-state index contributed by atoms with van der Waals surface area (Å²) in [7, 11) is 0. The van der Waals surface area contributed by atoms with Crippen LogP contribution in [0.2, 0.25) is 0 Å². The second-order valence-electron chi connectivity index (χ2n) is 3.43. The van der Waals surface area contributed by atoms with Crippen LogP contribution in [0.5, 0.6) is 0 Å². The molecule has 0 fully saturated rings. The van der Waals surface area contributed by atoms with Crippen molar-refractivity contribution in [3.05, 3.63) is 12.7 Å². The van der Waals surface area contributed by atoms with E-state index in [9.17, 15) is 0 Å². The summed E-state index contributed by atoms with van der Waals surface area (Å²) in [6.07, 6.45) is 3.74. The van der Waals surface area contributed by atoms with Gasteiger partial charge in [-0.15, -0.1) is 6.58 Å². The SMILES string of the molecule is C=CCCC1=NC(C)(C)CO1. The van der Waals surface area contributed by atoms with E-state index in [1.807, 2.05) is 6.08 Å². The van der Waals surface area contributed by atoms with Gasteiger partial charge >= 0.3 is 0 Å². The van der Waals surface area contributed by atoms with E-state index in [1.165, 1.54) is 0 Å². The van der Waals surface area contributed by atoms with E-state index >= 15 is 0 Å². The Labute approximate surface area is 68.0 Å². The lowest BCUT2D eigenvalue weighted by Gasteiger charge is -2.07. The van der Waals surface area contributed by atoms with E-state index in [0.717, 1.165) is 25.3 Å². The van der Waals surface area contributed by atoms with E-state index in [4.69, 9.17) is 4.74 Å². The Morgan fingerprint density at radius 2 is 2.45 bits per heavy atom. The molecule has 11 heavy (non-hydrogen) atoms. The molecule has 0 saturated heterocycles. The number of ether oxygens (including phenoxy) is 1. The summed E-state index contributed by atoms with van der Waals surface area (Å²) in [5, 5.41) is 0. The molecule has 0 aromatic rings. The van der Waals surface area contributed by atoms with E-state index < -0.39 is 0 Å². The van der Waals surface area contributed by atoms with Gasteiger partial charge in [0.15, 0.2) is 5.90 Å². The normalized spacial score (nSPS) is 20.7. The first kappa shape index (κ1) is 8.31. The van der Waals surface area contributed by atoms with Crippen molar-refractivity contribution in [1.29, 1.82) is 0 Å². The molecule has 0 aromatic heterocycles. The van der Waals surface area contributed by atoms with Crippen LogP contribution in [0.25, 0.3) is 0 Å². The fraction of sp³-hybridized carbons (Fsp3) is 0.667. The van der Waals surface area contributed by atoms with E-state index in [0.29, 0.717) is 0 Å². The van der Waals surface area contributed by atoms with Crippen molar-refractivity contribution in [2.45, 2.75) is 32.2 Å². The van der Waals surface area contributed by atoms with Gasteiger partial charge in [0, 0.05) is 6.42 Å². The zero-order valence-electron chi connectivity index (χ0n) is 7.26. The van der Waals surface area contributed by atoms with Gasteiger partial charge in [0.1, 0.15) is 6.61 Å². The third-order valence-corrected chi connectivity index (χ3v) is 1.58. The molecule has 0 spiro atoms. The molecule has 0 aliphatic carbocycles. The van der Waals surface area contributed by atoms with E-state index in [2.05, 4.69) is 25.4 Å². The van der Waals surface area contributed by atoms with Gasteiger partial charge in [-0.1, -0.05) is 6.08 Å². The Morgan fingerprint density at radius 1 is 1.73 bits per heavy atom. The lowest BCUT2D eigenvalue weighted by Crippen LogP contribution is -2.17. The topological polar surface area (TPSA) is 21.6 Å². The highest BCUT2D eigenvalue weighted by Gasteiger charge is 2.25. The zero-order valence-corrected chi connectivity index (χ0v) is 7.26. The molecule has 1 aliphatic rings. The van der Waals surface area contributed by atoms with Crippen LogP contribution in [0, 0.1) is 0 Å². The second-order valence-corrected chi connectivity index (χ2v) is 3.43.